The van der Waals surface area contributed by atoms with E-state index in [1.54, 1.807) is 36.4 Å². The van der Waals surface area contributed by atoms with Gasteiger partial charge in [-0.05, 0) is 23.3 Å². The number of benzene rings is 2. The molecule has 23 heavy (non-hydrogen) atoms. The summed E-state index contributed by atoms with van der Waals surface area (Å²) >= 11 is 5.79. The molecule has 2 rings (SSSR count). The third kappa shape index (κ3) is 6.71. The van der Waals surface area contributed by atoms with Crippen LogP contribution in [0, 0.1) is 0 Å². The number of aliphatic hydroxyl groups is 1. The normalized spacial score (nSPS) is 13.0. The molecule has 0 radical (unpaired) electrons. The minimum Gasteiger partial charge on any atom is -0.390 e. The molecule has 0 aliphatic carbocycles. The number of rotatable bonds is 8. The number of hydrogen-bond donors (Lipinski definition) is 1. The van der Waals surface area contributed by atoms with Gasteiger partial charge in [0.15, 0.2) is 9.84 Å². The Labute approximate surface area is 141 Å². The van der Waals surface area contributed by atoms with Crippen molar-refractivity contribution in [1.29, 1.82) is 0 Å². The molecule has 0 fully saturated rings. The van der Waals surface area contributed by atoms with Crippen LogP contribution in [0.3, 0.4) is 0 Å². The number of ether oxygens (including phenoxy) is 1. The van der Waals surface area contributed by atoms with Crippen molar-refractivity contribution < 1.29 is 18.3 Å². The zero-order chi connectivity index (χ0) is 16.7. The summed E-state index contributed by atoms with van der Waals surface area (Å²) in [5.74, 6) is -0.398. The SMILES string of the molecule is O=S(=O)(Cc1ccccc1)C[C@@H](O)COCc1ccc(Cl)cc1. The van der Waals surface area contributed by atoms with Crippen molar-refractivity contribution in [3.05, 3.63) is 70.7 Å². The van der Waals surface area contributed by atoms with E-state index >= 15 is 0 Å². The van der Waals surface area contributed by atoms with Crippen molar-refractivity contribution in [2.75, 3.05) is 12.4 Å². The van der Waals surface area contributed by atoms with Gasteiger partial charge >= 0.3 is 0 Å². The average molecular weight is 355 g/mol. The van der Waals surface area contributed by atoms with Crippen LogP contribution in [-0.2, 0) is 26.9 Å². The monoisotopic (exact) mass is 354 g/mol. The summed E-state index contributed by atoms with van der Waals surface area (Å²) in [7, 11) is -3.38. The summed E-state index contributed by atoms with van der Waals surface area (Å²) in [5.41, 5.74) is 1.62. The molecule has 0 saturated heterocycles. The maximum atomic E-state index is 12.1. The van der Waals surface area contributed by atoms with E-state index < -0.39 is 15.9 Å². The quantitative estimate of drug-likeness (QED) is 0.791. The van der Waals surface area contributed by atoms with Gasteiger partial charge in [0.05, 0.1) is 30.8 Å². The van der Waals surface area contributed by atoms with Gasteiger partial charge in [-0.15, -0.1) is 0 Å². The summed E-state index contributed by atoms with van der Waals surface area (Å²) in [4.78, 5) is 0. The fourth-order valence-corrected chi connectivity index (χ4v) is 3.75. The van der Waals surface area contributed by atoms with Crippen LogP contribution in [0.25, 0.3) is 0 Å². The molecule has 0 saturated carbocycles. The highest BCUT2D eigenvalue weighted by Gasteiger charge is 2.18. The maximum Gasteiger partial charge on any atom is 0.157 e. The van der Waals surface area contributed by atoms with E-state index in [2.05, 4.69) is 0 Å². The van der Waals surface area contributed by atoms with Gasteiger partial charge in [0.1, 0.15) is 0 Å². The molecule has 2 aromatic carbocycles. The minimum absolute atomic E-state index is 0.0311. The largest absolute Gasteiger partial charge is 0.390 e. The molecule has 6 heteroatoms. The van der Waals surface area contributed by atoms with E-state index in [1.807, 2.05) is 18.2 Å². The molecule has 1 N–H and O–H groups in total. The van der Waals surface area contributed by atoms with Crippen molar-refractivity contribution >= 4 is 21.4 Å². The van der Waals surface area contributed by atoms with Crippen molar-refractivity contribution in [1.82, 2.24) is 0 Å². The third-order valence-corrected chi connectivity index (χ3v) is 5.09. The van der Waals surface area contributed by atoms with Crippen LogP contribution >= 0.6 is 11.6 Å². The fraction of sp³-hybridized carbons (Fsp3) is 0.294. The Kier molecular flexibility index (Phi) is 6.59. The summed E-state index contributed by atoms with van der Waals surface area (Å²) in [6, 6.07) is 16.0. The molecule has 4 nitrogen and oxygen atoms in total. The van der Waals surface area contributed by atoms with Crippen molar-refractivity contribution in [3.8, 4) is 0 Å². The van der Waals surface area contributed by atoms with Crippen molar-refractivity contribution in [3.63, 3.8) is 0 Å². The molecular formula is C17H19ClO4S. The van der Waals surface area contributed by atoms with E-state index in [0.717, 1.165) is 5.56 Å². The third-order valence-electron chi connectivity index (χ3n) is 3.17. The van der Waals surface area contributed by atoms with Crippen molar-refractivity contribution in [2.24, 2.45) is 0 Å². The predicted molar refractivity (Wildman–Crippen MR) is 91.0 cm³/mol. The second-order valence-corrected chi connectivity index (χ2v) is 7.88. The molecule has 0 heterocycles. The smallest absolute Gasteiger partial charge is 0.157 e. The Hall–Kier alpha value is -1.40. The highest BCUT2D eigenvalue weighted by atomic mass is 35.5. The number of hydrogen-bond acceptors (Lipinski definition) is 4. The molecule has 124 valence electrons. The zero-order valence-corrected chi connectivity index (χ0v) is 14.1. The summed E-state index contributed by atoms with van der Waals surface area (Å²) in [6.07, 6.45) is -1.05. The van der Waals surface area contributed by atoms with Gasteiger partial charge in [0, 0.05) is 5.02 Å². The van der Waals surface area contributed by atoms with Crippen molar-refractivity contribution in [2.45, 2.75) is 18.5 Å². The molecule has 0 unspecified atom stereocenters. The molecule has 0 aliphatic rings. The summed E-state index contributed by atoms with van der Waals surface area (Å²) in [5, 5.41) is 10.5. The van der Waals surface area contributed by atoms with Crippen LogP contribution in [-0.4, -0.2) is 32.0 Å². The minimum atomic E-state index is -3.38. The van der Waals surface area contributed by atoms with Gasteiger partial charge in [-0.25, -0.2) is 8.42 Å². The first kappa shape index (κ1) is 17.9. The highest BCUT2D eigenvalue weighted by molar-refractivity contribution is 7.90. The number of sulfone groups is 1. The van der Waals surface area contributed by atoms with E-state index in [9.17, 15) is 13.5 Å². The van der Waals surface area contributed by atoms with E-state index in [1.165, 1.54) is 0 Å². The van der Waals surface area contributed by atoms with Gasteiger partial charge in [-0.3, -0.25) is 0 Å². The van der Waals surface area contributed by atoms with Gasteiger partial charge in [0.25, 0.3) is 0 Å². The molecule has 0 bridgehead atoms. The topological polar surface area (TPSA) is 63.6 Å². The average Bonchev–Trinajstić information content (AvgIpc) is 2.49. The first-order valence-electron chi connectivity index (χ1n) is 7.19. The Balaban J connectivity index is 1.77. The molecular weight excluding hydrogens is 336 g/mol. The molecule has 0 amide bonds. The lowest BCUT2D eigenvalue weighted by Crippen LogP contribution is -2.26. The molecule has 2 aromatic rings. The van der Waals surface area contributed by atoms with E-state index in [4.69, 9.17) is 16.3 Å². The second-order valence-electron chi connectivity index (χ2n) is 5.34. The molecule has 0 aliphatic heterocycles. The second kappa shape index (κ2) is 8.45. The standard InChI is InChI=1S/C17H19ClO4S/c18-16-8-6-14(7-9-16)10-22-11-17(19)13-23(20,21)12-15-4-2-1-3-5-15/h1-9,17,19H,10-13H2/t17-/m0/s1. The van der Waals surface area contributed by atoms with Gasteiger partial charge in [-0.2, -0.15) is 0 Å². The molecule has 1 atom stereocenters. The van der Waals surface area contributed by atoms with E-state index in [-0.39, 0.29) is 18.1 Å². The Bertz CT molecular complexity index is 699. The Morgan fingerprint density at radius 2 is 1.65 bits per heavy atom. The summed E-state index contributed by atoms with van der Waals surface area (Å²) in [6.45, 7) is 0.267. The van der Waals surface area contributed by atoms with Gasteiger partial charge in [0.2, 0.25) is 0 Å². The first-order valence-corrected chi connectivity index (χ1v) is 9.39. The van der Waals surface area contributed by atoms with Crippen LogP contribution < -0.4 is 0 Å². The fourth-order valence-electron chi connectivity index (χ4n) is 2.12. The first-order chi connectivity index (χ1) is 10.9. The number of aliphatic hydroxyl groups excluding tert-OH is 1. The molecule has 0 aromatic heterocycles. The lowest BCUT2D eigenvalue weighted by atomic mass is 10.2. The van der Waals surface area contributed by atoms with Crippen LogP contribution in [0.15, 0.2) is 54.6 Å². The number of halogens is 1. The van der Waals surface area contributed by atoms with Gasteiger partial charge < -0.3 is 9.84 Å². The molecule has 0 spiro atoms. The van der Waals surface area contributed by atoms with Crippen LogP contribution in [0.4, 0.5) is 0 Å². The Morgan fingerprint density at radius 1 is 1.00 bits per heavy atom. The van der Waals surface area contributed by atoms with Gasteiger partial charge in [-0.1, -0.05) is 54.1 Å². The predicted octanol–water partition coefficient (Wildman–Crippen LogP) is 2.83. The highest BCUT2D eigenvalue weighted by Crippen LogP contribution is 2.11. The lowest BCUT2D eigenvalue weighted by molar-refractivity contribution is 0.0390. The lowest BCUT2D eigenvalue weighted by Gasteiger charge is -2.12. The Morgan fingerprint density at radius 3 is 2.30 bits per heavy atom. The maximum absolute atomic E-state index is 12.1. The van der Waals surface area contributed by atoms with Crippen LogP contribution in [0.2, 0.25) is 5.02 Å². The van der Waals surface area contributed by atoms with Crippen LogP contribution in [0.5, 0.6) is 0 Å². The zero-order valence-electron chi connectivity index (χ0n) is 12.6. The summed E-state index contributed by atoms with van der Waals surface area (Å²) < 4.78 is 29.5. The van der Waals surface area contributed by atoms with Crippen LogP contribution in [0.1, 0.15) is 11.1 Å². The van der Waals surface area contributed by atoms with E-state index in [0.29, 0.717) is 17.2 Å².